The molecule has 2 rings (SSSR count). The van der Waals surface area contributed by atoms with Gasteiger partial charge >= 0.3 is 0 Å². The van der Waals surface area contributed by atoms with Gasteiger partial charge < -0.3 is 14.8 Å². The van der Waals surface area contributed by atoms with Gasteiger partial charge in [-0.3, -0.25) is 9.69 Å². The fraction of sp³-hybridized carbons (Fsp3) is 0.611. The highest BCUT2D eigenvalue weighted by atomic mass is 16.6. The number of nitrogens with zero attached hydrogens (tertiary/aromatic N) is 1. The average Bonchev–Trinajstić information content (AvgIpc) is 2.49. The van der Waals surface area contributed by atoms with Gasteiger partial charge in [-0.15, -0.1) is 0 Å². The number of nitrogens with one attached hydrogen (secondary N) is 1. The molecule has 1 N–H and O–H groups in total. The fourth-order valence-electron chi connectivity index (χ4n) is 2.93. The highest BCUT2D eigenvalue weighted by Gasteiger charge is 2.33. The number of para-hydroxylation sites is 2. The van der Waals surface area contributed by atoms with Crippen LogP contribution in [0.4, 0.5) is 0 Å². The number of ether oxygens (including phenoxy) is 2. The zero-order valence-corrected chi connectivity index (χ0v) is 14.7. The third kappa shape index (κ3) is 4.38. The molecule has 0 aliphatic carbocycles. The number of carbonyl (C=O) groups excluding carboxylic acids is 1. The zero-order valence-electron chi connectivity index (χ0n) is 14.7. The van der Waals surface area contributed by atoms with E-state index in [2.05, 4.69) is 37.9 Å². The first kappa shape index (κ1) is 17.6. The first-order valence-corrected chi connectivity index (χ1v) is 8.36. The third-order valence-corrected chi connectivity index (χ3v) is 4.10. The molecule has 0 radical (unpaired) electrons. The summed E-state index contributed by atoms with van der Waals surface area (Å²) >= 11 is 0. The Labute approximate surface area is 139 Å². The average molecular weight is 320 g/mol. The van der Waals surface area contributed by atoms with Crippen molar-refractivity contribution in [3.63, 3.8) is 0 Å². The number of benzene rings is 1. The lowest BCUT2D eigenvalue weighted by Gasteiger charge is -2.32. The van der Waals surface area contributed by atoms with E-state index >= 15 is 0 Å². The first-order chi connectivity index (χ1) is 10.9. The second kappa shape index (κ2) is 7.68. The van der Waals surface area contributed by atoms with Crippen LogP contribution in [0.15, 0.2) is 24.3 Å². The predicted molar refractivity (Wildman–Crippen MR) is 90.9 cm³/mol. The highest BCUT2D eigenvalue weighted by molar-refractivity contribution is 5.82. The van der Waals surface area contributed by atoms with E-state index in [0.717, 1.165) is 6.54 Å². The van der Waals surface area contributed by atoms with E-state index in [1.165, 1.54) is 0 Å². The summed E-state index contributed by atoms with van der Waals surface area (Å²) in [6.45, 7) is 11.9. The van der Waals surface area contributed by atoms with Crippen LogP contribution in [-0.2, 0) is 4.79 Å². The van der Waals surface area contributed by atoms with Crippen LogP contribution in [0.5, 0.6) is 11.5 Å². The molecule has 1 amide bonds. The lowest BCUT2D eigenvalue weighted by atomic mass is 10.1. The molecule has 128 valence electrons. The van der Waals surface area contributed by atoms with Gasteiger partial charge in [-0.25, -0.2) is 0 Å². The van der Waals surface area contributed by atoms with Crippen LogP contribution < -0.4 is 14.8 Å². The number of carbonyl (C=O) groups is 1. The monoisotopic (exact) mass is 320 g/mol. The molecule has 5 heteroatoms. The van der Waals surface area contributed by atoms with Gasteiger partial charge in [0.25, 0.3) is 5.91 Å². The van der Waals surface area contributed by atoms with Crippen LogP contribution in [0.3, 0.4) is 0 Å². The smallest absolute Gasteiger partial charge is 0.265 e. The number of fused-ring (bicyclic) bond motifs is 1. The number of hydrogen-bond donors (Lipinski definition) is 1. The van der Waals surface area contributed by atoms with Crippen LogP contribution in [0.2, 0.25) is 0 Å². The molecule has 1 aliphatic heterocycles. The SMILES string of the molecule is CC1Oc2ccccc2OC1C(=O)NCCN(C(C)C)C(C)C. The molecule has 1 aliphatic rings. The Kier molecular flexibility index (Phi) is 5.88. The molecule has 0 aromatic heterocycles. The fourth-order valence-corrected chi connectivity index (χ4v) is 2.93. The van der Waals surface area contributed by atoms with Crippen molar-refractivity contribution in [1.82, 2.24) is 10.2 Å². The van der Waals surface area contributed by atoms with Crippen molar-refractivity contribution in [2.75, 3.05) is 13.1 Å². The number of amides is 1. The molecule has 0 fully saturated rings. The number of rotatable bonds is 6. The van der Waals surface area contributed by atoms with Crippen LogP contribution >= 0.6 is 0 Å². The van der Waals surface area contributed by atoms with Gasteiger partial charge in [-0.1, -0.05) is 12.1 Å². The minimum atomic E-state index is -0.614. The van der Waals surface area contributed by atoms with E-state index in [9.17, 15) is 4.79 Å². The number of hydrogen-bond acceptors (Lipinski definition) is 4. The molecule has 0 spiro atoms. The van der Waals surface area contributed by atoms with Crippen LogP contribution in [0, 0.1) is 0 Å². The normalized spacial score (nSPS) is 20.2. The molecule has 1 heterocycles. The van der Waals surface area contributed by atoms with E-state index < -0.39 is 6.10 Å². The van der Waals surface area contributed by atoms with E-state index in [1.807, 2.05) is 31.2 Å². The van der Waals surface area contributed by atoms with Crippen LogP contribution in [0.25, 0.3) is 0 Å². The highest BCUT2D eigenvalue weighted by Crippen LogP contribution is 2.33. The topological polar surface area (TPSA) is 50.8 Å². The summed E-state index contributed by atoms with van der Waals surface area (Å²) in [6.07, 6.45) is -0.923. The van der Waals surface area contributed by atoms with Gasteiger partial charge in [0.05, 0.1) is 0 Å². The molecule has 1 aromatic rings. The van der Waals surface area contributed by atoms with Gasteiger partial charge in [0, 0.05) is 25.2 Å². The van der Waals surface area contributed by atoms with Gasteiger partial charge in [-0.05, 0) is 46.8 Å². The first-order valence-electron chi connectivity index (χ1n) is 8.36. The molecule has 2 unspecified atom stereocenters. The van der Waals surface area contributed by atoms with E-state index in [-0.39, 0.29) is 12.0 Å². The quantitative estimate of drug-likeness (QED) is 0.875. The summed E-state index contributed by atoms with van der Waals surface area (Å²) in [7, 11) is 0. The molecule has 0 bridgehead atoms. The Balaban J connectivity index is 1.89. The minimum Gasteiger partial charge on any atom is -0.482 e. The Morgan fingerprint density at radius 1 is 1.13 bits per heavy atom. The third-order valence-electron chi connectivity index (χ3n) is 4.10. The minimum absolute atomic E-state index is 0.125. The standard InChI is InChI=1S/C18H28N2O3/c1-12(2)20(13(3)4)11-10-19-18(21)17-14(5)22-15-8-6-7-9-16(15)23-17/h6-9,12-14,17H,10-11H2,1-5H3,(H,19,21). The van der Waals surface area contributed by atoms with Crippen molar-refractivity contribution in [2.45, 2.75) is 58.9 Å². The largest absolute Gasteiger partial charge is 0.482 e. The maximum absolute atomic E-state index is 12.4. The maximum Gasteiger partial charge on any atom is 0.265 e. The Hall–Kier alpha value is -1.75. The lowest BCUT2D eigenvalue weighted by molar-refractivity contribution is -0.133. The summed E-state index contributed by atoms with van der Waals surface area (Å²) < 4.78 is 11.6. The van der Waals surface area contributed by atoms with Gasteiger partial charge in [0.15, 0.2) is 11.5 Å². The van der Waals surface area contributed by atoms with Gasteiger partial charge in [0.2, 0.25) is 6.10 Å². The molecule has 0 saturated heterocycles. The molecule has 0 saturated carbocycles. The van der Waals surface area contributed by atoms with Crippen molar-refractivity contribution in [3.8, 4) is 11.5 Å². The summed E-state index contributed by atoms with van der Waals surface area (Å²) in [5.41, 5.74) is 0. The summed E-state index contributed by atoms with van der Waals surface area (Å²) in [5.74, 6) is 1.19. The molecule has 23 heavy (non-hydrogen) atoms. The van der Waals surface area contributed by atoms with Crippen LogP contribution in [-0.4, -0.2) is 48.2 Å². The Morgan fingerprint density at radius 3 is 2.26 bits per heavy atom. The van der Waals surface area contributed by atoms with Crippen LogP contribution in [0.1, 0.15) is 34.6 Å². The van der Waals surface area contributed by atoms with E-state index in [4.69, 9.17) is 9.47 Å². The molecular weight excluding hydrogens is 292 g/mol. The zero-order chi connectivity index (χ0) is 17.0. The van der Waals surface area contributed by atoms with Gasteiger partial charge in [-0.2, -0.15) is 0 Å². The predicted octanol–water partition coefficient (Wildman–Crippen LogP) is 2.45. The van der Waals surface area contributed by atoms with Crippen molar-refractivity contribution in [3.05, 3.63) is 24.3 Å². The second-order valence-corrected chi connectivity index (χ2v) is 6.52. The lowest BCUT2D eigenvalue weighted by Crippen LogP contribution is -2.51. The van der Waals surface area contributed by atoms with Crippen molar-refractivity contribution < 1.29 is 14.3 Å². The van der Waals surface area contributed by atoms with Crippen molar-refractivity contribution >= 4 is 5.91 Å². The van der Waals surface area contributed by atoms with Crippen molar-refractivity contribution in [1.29, 1.82) is 0 Å². The Bertz CT molecular complexity index is 523. The Morgan fingerprint density at radius 2 is 1.70 bits per heavy atom. The second-order valence-electron chi connectivity index (χ2n) is 6.52. The maximum atomic E-state index is 12.4. The molecule has 2 atom stereocenters. The van der Waals surface area contributed by atoms with E-state index in [0.29, 0.717) is 30.1 Å². The molecular formula is C18H28N2O3. The summed E-state index contributed by atoms with van der Waals surface area (Å²) in [6, 6.07) is 8.33. The van der Waals surface area contributed by atoms with Gasteiger partial charge in [0.1, 0.15) is 6.10 Å². The van der Waals surface area contributed by atoms with E-state index in [1.54, 1.807) is 0 Å². The molecule has 1 aromatic carbocycles. The summed E-state index contributed by atoms with van der Waals surface area (Å²) in [5, 5.41) is 2.97. The van der Waals surface area contributed by atoms with Crippen molar-refractivity contribution in [2.24, 2.45) is 0 Å². The summed E-state index contributed by atoms with van der Waals surface area (Å²) in [4.78, 5) is 14.7. The molecule has 5 nitrogen and oxygen atoms in total.